The first-order valence-electron chi connectivity index (χ1n) is 13.9. The molecule has 3 heteroatoms. The first kappa shape index (κ1) is 24.3. The van der Waals surface area contributed by atoms with Gasteiger partial charge in [-0.1, -0.05) is 67.0 Å². The summed E-state index contributed by atoms with van der Waals surface area (Å²) in [4.78, 5) is 0. The summed E-state index contributed by atoms with van der Waals surface area (Å²) in [6.45, 7) is 19.0. The summed E-state index contributed by atoms with van der Waals surface area (Å²) >= 11 is 0. The fourth-order valence-electron chi connectivity index (χ4n) is 11.1. The summed E-state index contributed by atoms with van der Waals surface area (Å²) < 4.78 is 0. The number of hydrogen-bond acceptors (Lipinski definition) is 3. The molecule has 0 spiro atoms. The summed E-state index contributed by atoms with van der Waals surface area (Å²) in [6, 6.07) is 0. The van der Waals surface area contributed by atoms with Gasteiger partial charge < -0.3 is 15.3 Å². The largest absolute Gasteiger partial charge is 0.393 e. The van der Waals surface area contributed by atoms with Gasteiger partial charge in [0.05, 0.1) is 18.3 Å². The Morgan fingerprint density at radius 1 is 0.818 bits per heavy atom. The van der Waals surface area contributed by atoms with Gasteiger partial charge in [0.15, 0.2) is 0 Å². The van der Waals surface area contributed by atoms with E-state index < -0.39 is 6.10 Å². The van der Waals surface area contributed by atoms with Gasteiger partial charge in [-0.2, -0.15) is 0 Å². The lowest BCUT2D eigenvalue weighted by atomic mass is 9.33. The number of aliphatic hydroxyl groups is 3. The van der Waals surface area contributed by atoms with Crippen molar-refractivity contribution in [1.29, 1.82) is 0 Å². The van der Waals surface area contributed by atoms with Crippen molar-refractivity contribution in [2.45, 2.75) is 119 Å². The topological polar surface area (TPSA) is 60.7 Å². The van der Waals surface area contributed by atoms with Crippen LogP contribution >= 0.6 is 0 Å². The van der Waals surface area contributed by atoms with Crippen LogP contribution in [-0.2, 0) is 0 Å². The minimum atomic E-state index is -0.423. The van der Waals surface area contributed by atoms with E-state index in [4.69, 9.17) is 0 Å². The first-order valence-corrected chi connectivity index (χ1v) is 13.9. The zero-order valence-corrected chi connectivity index (χ0v) is 22.5. The van der Waals surface area contributed by atoms with E-state index in [2.05, 4.69) is 61.5 Å². The van der Waals surface area contributed by atoms with E-state index in [1.807, 2.05) is 0 Å². The molecule has 0 saturated heterocycles. The molecule has 0 amide bonds. The molecule has 4 fully saturated rings. The molecule has 5 aliphatic rings. The summed E-state index contributed by atoms with van der Waals surface area (Å²) in [5.74, 6) is 1.83. The number of fused-ring (bicyclic) bond motifs is 7. The van der Waals surface area contributed by atoms with Gasteiger partial charge in [0.25, 0.3) is 0 Å². The van der Waals surface area contributed by atoms with Gasteiger partial charge in [-0.05, 0) is 95.7 Å². The number of hydrogen-bond donors (Lipinski definition) is 3. The first-order chi connectivity index (χ1) is 15.1. The molecule has 0 radical (unpaired) electrons. The van der Waals surface area contributed by atoms with Crippen LogP contribution in [0.3, 0.4) is 0 Å². The molecule has 4 saturated carbocycles. The third-order valence-electron chi connectivity index (χ3n) is 13.4. The molecule has 5 rings (SSSR count). The summed E-state index contributed by atoms with van der Waals surface area (Å²) in [7, 11) is 0. The molecule has 3 nitrogen and oxygen atoms in total. The number of aliphatic hydroxyl groups excluding tert-OH is 3. The van der Waals surface area contributed by atoms with Gasteiger partial charge in [-0.25, -0.2) is 0 Å². The highest BCUT2D eigenvalue weighted by Gasteiger charge is 2.70. The monoisotopic (exact) mass is 458 g/mol. The van der Waals surface area contributed by atoms with Gasteiger partial charge in [0.1, 0.15) is 0 Å². The van der Waals surface area contributed by atoms with E-state index in [9.17, 15) is 15.3 Å². The molecule has 0 aliphatic heterocycles. The molecule has 0 bridgehead atoms. The molecule has 0 heterocycles. The Kier molecular flexibility index (Phi) is 5.23. The average molecular weight is 459 g/mol. The van der Waals surface area contributed by atoms with Crippen molar-refractivity contribution in [2.75, 3.05) is 0 Å². The predicted molar refractivity (Wildman–Crippen MR) is 133 cm³/mol. The maximum Gasteiger partial charge on any atom is 0.0762 e. The van der Waals surface area contributed by atoms with Gasteiger partial charge in [0, 0.05) is 5.92 Å². The lowest BCUT2D eigenvalue weighted by Crippen LogP contribution is -2.67. The third-order valence-corrected chi connectivity index (χ3v) is 13.4. The normalized spacial score (nSPS) is 60.0. The van der Waals surface area contributed by atoms with Crippen molar-refractivity contribution in [2.24, 2.45) is 56.7 Å². The third kappa shape index (κ3) is 2.85. The Morgan fingerprint density at radius 2 is 1.48 bits per heavy atom. The van der Waals surface area contributed by atoms with E-state index in [-0.39, 0.29) is 45.2 Å². The predicted octanol–water partition coefficient (Wildman–Crippen LogP) is 5.97. The van der Waals surface area contributed by atoms with Gasteiger partial charge >= 0.3 is 0 Å². The zero-order chi connectivity index (χ0) is 24.4. The van der Waals surface area contributed by atoms with Crippen molar-refractivity contribution in [3.05, 3.63) is 11.6 Å². The van der Waals surface area contributed by atoms with Crippen molar-refractivity contribution in [3.8, 4) is 0 Å². The summed E-state index contributed by atoms with van der Waals surface area (Å²) in [6.07, 6.45) is 8.80. The Morgan fingerprint density at radius 3 is 2.15 bits per heavy atom. The molecule has 0 aromatic rings. The molecule has 12 atom stereocenters. The van der Waals surface area contributed by atoms with E-state index in [0.29, 0.717) is 23.7 Å². The number of allylic oxidation sites excluding steroid dienone is 1. The SMILES string of the molecule is C[C@H]1[C@H](C)[C@@H]2C3=C[C@@H](O)[C@@H]4[C@@]5(C)CC[C@H](O)C(C)(C)[C@H]5CC[C@@]4(C)[C@]3(C)CC[C@@]2(C)C[C@H]1O. The Bertz CT molecular complexity index is 847. The van der Waals surface area contributed by atoms with Crippen LogP contribution in [0.15, 0.2) is 11.6 Å². The number of rotatable bonds is 0. The van der Waals surface area contributed by atoms with E-state index >= 15 is 0 Å². The zero-order valence-electron chi connectivity index (χ0n) is 22.5. The van der Waals surface area contributed by atoms with Crippen LogP contribution in [0.4, 0.5) is 0 Å². The van der Waals surface area contributed by atoms with Crippen molar-refractivity contribution >= 4 is 0 Å². The van der Waals surface area contributed by atoms with Crippen LogP contribution < -0.4 is 0 Å². The maximum absolute atomic E-state index is 12.0. The lowest BCUT2D eigenvalue weighted by Gasteiger charge is -2.72. The van der Waals surface area contributed by atoms with Gasteiger partial charge in [0.2, 0.25) is 0 Å². The van der Waals surface area contributed by atoms with Crippen LogP contribution in [0.25, 0.3) is 0 Å². The molecular weight excluding hydrogens is 408 g/mol. The quantitative estimate of drug-likeness (QED) is 0.392. The minimum absolute atomic E-state index is 0.0442. The van der Waals surface area contributed by atoms with Crippen molar-refractivity contribution in [3.63, 3.8) is 0 Å². The Hall–Kier alpha value is -0.380. The highest BCUT2D eigenvalue weighted by Crippen LogP contribution is 2.75. The standard InChI is InChI=1S/C30H50O3/c1-17-18(2)24-19-15-20(31)25-28(6)11-10-23(33)26(3,4)22(28)9-12-30(25,8)29(19,7)14-13-27(24,5)16-21(17)32/h15,17-18,20-25,31-33H,9-14,16H2,1-8H3/t17-,18-,20+,21+,22+,23-,24+,25+,27-,28-,29+,30+/m0/s1. The Balaban J connectivity index is 1.63. The second-order valence-corrected chi connectivity index (χ2v) is 14.9. The molecular formula is C30H50O3. The van der Waals surface area contributed by atoms with Crippen molar-refractivity contribution in [1.82, 2.24) is 0 Å². The highest BCUT2D eigenvalue weighted by molar-refractivity contribution is 5.36. The smallest absolute Gasteiger partial charge is 0.0762 e. The molecule has 33 heavy (non-hydrogen) atoms. The average Bonchev–Trinajstić information content (AvgIpc) is 2.71. The Labute approximate surface area is 202 Å². The van der Waals surface area contributed by atoms with Crippen LogP contribution in [0.1, 0.15) is 100 Å². The lowest BCUT2D eigenvalue weighted by molar-refractivity contribution is -0.226. The van der Waals surface area contributed by atoms with Gasteiger partial charge in [-0.3, -0.25) is 0 Å². The van der Waals surface area contributed by atoms with Crippen molar-refractivity contribution < 1.29 is 15.3 Å². The summed E-state index contributed by atoms with van der Waals surface area (Å²) in [5.41, 5.74) is 1.73. The molecule has 0 unspecified atom stereocenters. The van der Waals surface area contributed by atoms with Crippen LogP contribution in [0.2, 0.25) is 0 Å². The van der Waals surface area contributed by atoms with E-state index in [0.717, 1.165) is 38.5 Å². The van der Waals surface area contributed by atoms with Crippen LogP contribution in [-0.4, -0.2) is 33.6 Å². The van der Waals surface area contributed by atoms with Crippen LogP contribution in [0.5, 0.6) is 0 Å². The summed E-state index contributed by atoms with van der Waals surface area (Å²) in [5, 5.41) is 33.7. The molecule has 0 aromatic heterocycles. The van der Waals surface area contributed by atoms with Crippen LogP contribution in [0, 0.1) is 56.7 Å². The maximum atomic E-state index is 12.0. The van der Waals surface area contributed by atoms with E-state index in [1.54, 1.807) is 0 Å². The molecule has 0 aromatic carbocycles. The van der Waals surface area contributed by atoms with Gasteiger partial charge in [-0.15, -0.1) is 0 Å². The molecule has 188 valence electrons. The van der Waals surface area contributed by atoms with E-state index in [1.165, 1.54) is 12.0 Å². The highest BCUT2D eigenvalue weighted by atomic mass is 16.3. The fourth-order valence-corrected chi connectivity index (χ4v) is 11.1. The molecule has 5 aliphatic carbocycles. The minimum Gasteiger partial charge on any atom is -0.393 e. The fraction of sp³-hybridized carbons (Fsp3) is 0.933. The second kappa shape index (κ2) is 7.10. The second-order valence-electron chi connectivity index (χ2n) is 14.9. The molecule has 3 N–H and O–H groups in total.